The zero-order chi connectivity index (χ0) is 31.0. The summed E-state index contributed by atoms with van der Waals surface area (Å²) in [7, 11) is -3.67. The molecule has 4 aromatic rings. The topological polar surface area (TPSA) is 140 Å². The Morgan fingerprint density at radius 1 is 1.02 bits per heavy atom. The molecule has 0 bridgehead atoms. The lowest BCUT2D eigenvalue weighted by Gasteiger charge is -2.34. The smallest absolute Gasteiger partial charge is 0.418 e. The van der Waals surface area contributed by atoms with Gasteiger partial charge in [0.05, 0.1) is 10.1 Å². The summed E-state index contributed by atoms with van der Waals surface area (Å²) in [5.74, 6) is -3.60. The molecule has 1 aliphatic carbocycles. The molecule has 0 radical (unpaired) electrons. The summed E-state index contributed by atoms with van der Waals surface area (Å²) in [6.07, 6.45) is -2.99. The van der Waals surface area contributed by atoms with Gasteiger partial charge in [0.25, 0.3) is 11.6 Å². The highest BCUT2D eigenvalue weighted by atomic mass is 79.9. The van der Waals surface area contributed by atoms with Crippen molar-refractivity contribution in [2.75, 3.05) is 11.1 Å². The van der Waals surface area contributed by atoms with E-state index in [-0.39, 0.29) is 34.1 Å². The number of carbonyl (C=O) groups excluding carboxylic acids is 2. The Bertz CT molecular complexity index is 1830. The third-order valence-electron chi connectivity index (χ3n) is 6.83. The maximum absolute atomic E-state index is 14.0. The average molecular weight is 677 g/mol. The number of alkyl halides is 3. The van der Waals surface area contributed by atoms with Gasteiger partial charge in [-0.25, -0.2) is 18.2 Å². The number of carbonyl (C=O) groups is 2. The minimum atomic E-state index is -5.45. The van der Waals surface area contributed by atoms with Gasteiger partial charge in [-0.1, -0.05) is 46.3 Å². The zero-order valence-corrected chi connectivity index (χ0v) is 24.6. The molecule has 0 saturated heterocycles. The van der Waals surface area contributed by atoms with Crippen LogP contribution in [-0.2, 0) is 36.4 Å². The van der Waals surface area contributed by atoms with Crippen molar-refractivity contribution in [2.24, 2.45) is 0 Å². The standard InChI is InChI=1S/C29H24BrF3N4O5S/c30-20-6-3-5-19(15-20)28(42-27(39)29(31,32)33,37-21-8-11-23-17(14-21)12-13-35-25(23)34)26(38)36-16-18-4-1-2-7-24(18)43(40,41)22-9-10-22/h1-8,11-15,22,37H,9-10,16H2,(H2,34,35)(H,36,38). The van der Waals surface area contributed by atoms with E-state index in [1.165, 1.54) is 48.7 Å². The van der Waals surface area contributed by atoms with E-state index in [0.717, 1.165) is 0 Å². The number of nitrogens with one attached hydrogen (secondary N) is 2. The highest BCUT2D eigenvalue weighted by molar-refractivity contribution is 9.10. The van der Waals surface area contributed by atoms with Crippen LogP contribution >= 0.6 is 15.9 Å². The van der Waals surface area contributed by atoms with E-state index in [9.17, 15) is 31.2 Å². The third kappa shape index (κ3) is 6.30. The predicted molar refractivity (Wildman–Crippen MR) is 156 cm³/mol. The number of hydrogen-bond acceptors (Lipinski definition) is 8. The molecule has 43 heavy (non-hydrogen) atoms. The van der Waals surface area contributed by atoms with Gasteiger partial charge in [0.2, 0.25) is 0 Å². The van der Waals surface area contributed by atoms with Crippen molar-refractivity contribution >= 4 is 59.9 Å². The van der Waals surface area contributed by atoms with Crippen LogP contribution in [-0.4, -0.2) is 36.7 Å². The highest BCUT2D eigenvalue weighted by Gasteiger charge is 2.52. The van der Waals surface area contributed by atoms with Gasteiger partial charge < -0.3 is 21.1 Å². The SMILES string of the molecule is Nc1nccc2cc(NC(OC(=O)C(F)(F)F)(C(=O)NCc3ccccc3S(=O)(=O)C3CC3)c3cccc(Br)c3)ccc12. The molecule has 0 spiro atoms. The first-order chi connectivity index (χ1) is 20.3. The largest absolute Gasteiger partial charge is 0.491 e. The van der Waals surface area contributed by atoms with Crippen LogP contribution in [0.2, 0.25) is 0 Å². The molecule has 5 rings (SSSR count). The number of hydrogen-bond donors (Lipinski definition) is 3. The molecule has 9 nitrogen and oxygen atoms in total. The number of aromatic nitrogens is 1. The Morgan fingerprint density at radius 3 is 2.47 bits per heavy atom. The van der Waals surface area contributed by atoms with Gasteiger partial charge in [-0.2, -0.15) is 13.2 Å². The first-order valence-electron chi connectivity index (χ1n) is 12.9. The second kappa shape index (κ2) is 11.5. The van der Waals surface area contributed by atoms with Gasteiger partial charge in [-0.15, -0.1) is 0 Å². The second-order valence-corrected chi connectivity index (χ2v) is 13.0. The van der Waals surface area contributed by atoms with E-state index in [1.54, 1.807) is 30.3 Å². The third-order valence-corrected chi connectivity index (χ3v) is 9.68. The van der Waals surface area contributed by atoms with Crippen molar-refractivity contribution in [1.82, 2.24) is 10.3 Å². The Kier molecular flexibility index (Phi) is 8.09. The highest BCUT2D eigenvalue weighted by Crippen LogP contribution is 2.36. The van der Waals surface area contributed by atoms with Crippen LogP contribution in [0.1, 0.15) is 24.0 Å². The van der Waals surface area contributed by atoms with Gasteiger partial charge in [-0.3, -0.25) is 4.79 Å². The molecule has 224 valence electrons. The monoisotopic (exact) mass is 676 g/mol. The molecule has 1 amide bonds. The molecule has 4 N–H and O–H groups in total. The fourth-order valence-corrected chi connectivity index (χ4v) is 6.85. The molecule has 14 heteroatoms. The van der Waals surface area contributed by atoms with Crippen molar-refractivity contribution in [3.63, 3.8) is 0 Å². The van der Waals surface area contributed by atoms with Gasteiger partial charge >= 0.3 is 12.1 Å². The summed E-state index contributed by atoms with van der Waals surface area (Å²) in [4.78, 5) is 30.4. The normalized spacial score (nSPS) is 15.0. The molecule has 0 aliphatic heterocycles. The Hall–Kier alpha value is -4.17. The lowest BCUT2D eigenvalue weighted by atomic mass is 9.99. The van der Waals surface area contributed by atoms with E-state index in [0.29, 0.717) is 28.1 Å². The molecule has 1 unspecified atom stereocenters. The van der Waals surface area contributed by atoms with Gasteiger partial charge in [0.1, 0.15) is 5.82 Å². The number of ether oxygens (including phenoxy) is 1. The van der Waals surface area contributed by atoms with Crippen molar-refractivity contribution in [3.05, 3.63) is 94.6 Å². The van der Waals surface area contributed by atoms with Crippen LogP contribution in [0.25, 0.3) is 10.8 Å². The van der Waals surface area contributed by atoms with Crippen LogP contribution in [0.4, 0.5) is 24.7 Å². The quantitative estimate of drug-likeness (QED) is 0.162. The minimum Gasteiger partial charge on any atom is -0.418 e. The number of fused-ring (bicyclic) bond motifs is 1. The Balaban J connectivity index is 1.59. The van der Waals surface area contributed by atoms with Crippen LogP contribution in [0, 0.1) is 0 Å². The zero-order valence-electron chi connectivity index (χ0n) is 22.2. The molecular formula is C29H24BrF3N4O5S. The lowest BCUT2D eigenvalue weighted by molar-refractivity contribution is -0.213. The molecule has 3 aromatic carbocycles. The van der Waals surface area contributed by atoms with E-state index in [4.69, 9.17) is 10.5 Å². The Morgan fingerprint density at radius 2 is 1.77 bits per heavy atom. The first kappa shape index (κ1) is 30.3. The first-order valence-corrected chi connectivity index (χ1v) is 15.2. The number of nitrogens with two attached hydrogens (primary N) is 1. The summed E-state index contributed by atoms with van der Waals surface area (Å²) in [6.45, 7) is -0.387. The average Bonchev–Trinajstić information content (AvgIpc) is 3.82. The molecule has 1 heterocycles. The van der Waals surface area contributed by atoms with Gasteiger partial charge in [-0.05, 0) is 66.3 Å². The van der Waals surface area contributed by atoms with E-state index in [1.807, 2.05) is 0 Å². The van der Waals surface area contributed by atoms with Crippen molar-refractivity contribution in [1.29, 1.82) is 0 Å². The van der Waals surface area contributed by atoms with Crippen molar-refractivity contribution in [2.45, 2.75) is 41.4 Å². The van der Waals surface area contributed by atoms with Crippen LogP contribution in [0.15, 0.2) is 88.4 Å². The van der Waals surface area contributed by atoms with Crippen LogP contribution < -0.4 is 16.4 Å². The number of nitrogen functional groups attached to an aromatic ring is 1. The second-order valence-electron chi connectivity index (χ2n) is 9.87. The molecule has 1 aliphatic rings. The summed E-state index contributed by atoms with van der Waals surface area (Å²) < 4.78 is 72.3. The summed E-state index contributed by atoms with van der Waals surface area (Å²) in [5, 5.41) is 5.76. The number of anilines is 2. The van der Waals surface area contributed by atoms with E-state index >= 15 is 0 Å². The number of benzene rings is 3. The predicted octanol–water partition coefficient (Wildman–Crippen LogP) is 5.20. The Labute approximate surface area is 252 Å². The minimum absolute atomic E-state index is 0.00632. The number of nitrogens with zero attached hydrogens (tertiary/aromatic N) is 1. The number of halogens is 4. The van der Waals surface area contributed by atoms with Gasteiger partial charge in [0.15, 0.2) is 9.84 Å². The molecule has 1 fully saturated rings. The van der Waals surface area contributed by atoms with Crippen LogP contribution in [0.5, 0.6) is 0 Å². The lowest BCUT2D eigenvalue weighted by Crippen LogP contribution is -2.54. The number of pyridine rings is 1. The number of sulfone groups is 1. The van der Waals surface area contributed by atoms with Crippen LogP contribution in [0.3, 0.4) is 0 Å². The molecule has 1 saturated carbocycles. The maximum Gasteiger partial charge on any atom is 0.491 e. The van der Waals surface area contributed by atoms with E-state index < -0.39 is 38.9 Å². The summed E-state index contributed by atoms with van der Waals surface area (Å²) in [6, 6.07) is 17.8. The van der Waals surface area contributed by atoms with Crippen molar-refractivity contribution < 1.29 is 35.9 Å². The fraction of sp³-hybridized carbons (Fsp3) is 0.207. The number of amides is 1. The van der Waals surface area contributed by atoms with E-state index in [2.05, 4.69) is 31.5 Å². The summed E-state index contributed by atoms with van der Waals surface area (Å²) in [5.41, 5.74) is 3.36. The van der Waals surface area contributed by atoms with Crippen molar-refractivity contribution in [3.8, 4) is 0 Å². The molecular weight excluding hydrogens is 653 g/mol. The van der Waals surface area contributed by atoms with Gasteiger partial charge in [0, 0.05) is 33.9 Å². The summed E-state index contributed by atoms with van der Waals surface area (Å²) >= 11 is 3.25. The number of esters is 1. The molecule has 1 aromatic heterocycles. The number of rotatable bonds is 9. The fourth-order valence-electron chi connectivity index (χ4n) is 4.56. The molecule has 1 atom stereocenters. The maximum atomic E-state index is 14.0.